The highest BCUT2D eigenvalue weighted by Crippen LogP contribution is 2.36. The van der Waals surface area contributed by atoms with Crippen molar-refractivity contribution < 1.29 is 14.4 Å². The first-order chi connectivity index (χ1) is 10.2. The number of rotatable bonds is 3. The molecule has 0 aromatic carbocycles. The van der Waals surface area contributed by atoms with Crippen LogP contribution in [0.25, 0.3) is 0 Å². The molecule has 2 aliphatic heterocycles. The van der Waals surface area contributed by atoms with Crippen molar-refractivity contribution in [2.24, 2.45) is 5.41 Å². The maximum atomic E-state index is 12.6. The number of imide groups is 1. The van der Waals surface area contributed by atoms with Crippen LogP contribution in [0.3, 0.4) is 0 Å². The van der Waals surface area contributed by atoms with E-state index in [1.165, 1.54) is 11.0 Å². The maximum absolute atomic E-state index is 12.6. The van der Waals surface area contributed by atoms with Gasteiger partial charge in [0.1, 0.15) is 6.04 Å². The molecule has 0 radical (unpaired) electrons. The van der Waals surface area contributed by atoms with Gasteiger partial charge in [0.2, 0.25) is 11.8 Å². The third-order valence-corrected chi connectivity index (χ3v) is 4.20. The van der Waals surface area contributed by atoms with Gasteiger partial charge in [0.15, 0.2) is 0 Å². The fourth-order valence-corrected chi connectivity index (χ4v) is 2.76. The van der Waals surface area contributed by atoms with E-state index in [2.05, 4.69) is 18.5 Å². The molecule has 0 aliphatic carbocycles. The van der Waals surface area contributed by atoms with Crippen LogP contribution in [0.4, 0.5) is 0 Å². The van der Waals surface area contributed by atoms with Crippen LogP contribution < -0.4 is 5.32 Å². The summed E-state index contributed by atoms with van der Waals surface area (Å²) in [4.78, 5) is 37.4. The molecule has 0 saturated carbocycles. The summed E-state index contributed by atoms with van der Waals surface area (Å²) in [5.74, 6) is -0.912. The van der Waals surface area contributed by atoms with Gasteiger partial charge >= 0.3 is 0 Å². The fraction of sp³-hybridized carbons (Fsp3) is 0.471. The summed E-state index contributed by atoms with van der Waals surface area (Å²) in [6.45, 7) is 14.3. The van der Waals surface area contributed by atoms with Gasteiger partial charge in [-0.05, 0) is 23.0 Å². The highest BCUT2D eigenvalue weighted by Gasteiger charge is 2.40. The molecular weight excluding hydrogens is 280 g/mol. The Kier molecular flexibility index (Phi) is 4.09. The molecule has 22 heavy (non-hydrogen) atoms. The molecule has 118 valence electrons. The Morgan fingerprint density at radius 1 is 1.32 bits per heavy atom. The summed E-state index contributed by atoms with van der Waals surface area (Å²) in [5, 5.41) is 2.30. The number of amides is 3. The lowest BCUT2D eigenvalue weighted by molar-refractivity contribution is -0.142. The summed E-state index contributed by atoms with van der Waals surface area (Å²) < 4.78 is 0. The molecule has 1 N–H and O–H groups in total. The second-order valence-corrected chi connectivity index (χ2v) is 6.72. The number of carbonyl (C=O) groups excluding carboxylic acids is 3. The first kappa shape index (κ1) is 16.2. The van der Waals surface area contributed by atoms with Crippen molar-refractivity contribution in [3.05, 3.63) is 36.0 Å². The molecule has 1 fully saturated rings. The Labute approximate surface area is 130 Å². The van der Waals surface area contributed by atoms with Gasteiger partial charge in [-0.3, -0.25) is 19.7 Å². The van der Waals surface area contributed by atoms with Gasteiger partial charge in [-0.15, -0.1) is 0 Å². The van der Waals surface area contributed by atoms with Gasteiger partial charge in [0.25, 0.3) is 5.91 Å². The molecule has 5 nitrogen and oxygen atoms in total. The monoisotopic (exact) mass is 302 g/mol. The summed E-state index contributed by atoms with van der Waals surface area (Å²) in [7, 11) is 0. The molecule has 5 heteroatoms. The normalized spacial score (nSPS) is 23.0. The Hall–Kier alpha value is -2.17. The van der Waals surface area contributed by atoms with Crippen LogP contribution >= 0.6 is 0 Å². The van der Waals surface area contributed by atoms with Crippen molar-refractivity contribution in [3.8, 4) is 0 Å². The smallest absolute Gasteiger partial charge is 0.255 e. The summed E-state index contributed by atoms with van der Waals surface area (Å²) >= 11 is 0. The molecule has 2 aliphatic rings. The van der Waals surface area contributed by atoms with Crippen LogP contribution in [0, 0.1) is 5.41 Å². The van der Waals surface area contributed by atoms with E-state index in [9.17, 15) is 14.4 Å². The van der Waals surface area contributed by atoms with Crippen molar-refractivity contribution in [1.29, 1.82) is 0 Å². The van der Waals surface area contributed by atoms with Crippen LogP contribution in [0.5, 0.6) is 0 Å². The molecule has 0 spiro atoms. The molecule has 1 unspecified atom stereocenters. The van der Waals surface area contributed by atoms with Crippen molar-refractivity contribution in [3.63, 3.8) is 0 Å². The summed E-state index contributed by atoms with van der Waals surface area (Å²) in [6, 6.07) is -0.606. The first-order valence-corrected chi connectivity index (χ1v) is 7.36. The Balaban J connectivity index is 2.29. The standard InChI is InChI=1S/C17H22N2O3/c1-6-11-12(10(2)17(3,4)5)9-19(16(11)22)13-7-8-14(20)18-15(13)21/h6,13H,1-2,7-9H2,3-5H3,(H,18,20,21). The minimum Gasteiger partial charge on any atom is -0.322 e. The Morgan fingerprint density at radius 2 is 1.95 bits per heavy atom. The number of hydrogen-bond donors (Lipinski definition) is 1. The zero-order valence-corrected chi connectivity index (χ0v) is 13.4. The number of piperidine rings is 1. The van der Waals surface area contributed by atoms with Gasteiger partial charge in [0.05, 0.1) is 0 Å². The Morgan fingerprint density at radius 3 is 2.45 bits per heavy atom. The molecule has 1 saturated heterocycles. The van der Waals surface area contributed by atoms with Gasteiger partial charge in [-0.1, -0.05) is 40.0 Å². The number of nitrogens with one attached hydrogen (secondary N) is 1. The van der Waals surface area contributed by atoms with E-state index in [0.29, 0.717) is 18.5 Å². The molecule has 0 aromatic rings. The first-order valence-electron chi connectivity index (χ1n) is 7.36. The number of carbonyl (C=O) groups is 3. The van der Waals surface area contributed by atoms with Gasteiger partial charge in [0, 0.05) is 18.5 Å². The molecule has 1 atom stereocenters. The van der Waals surface area contributed by atoms with Crippen LogP contribution in [0.15, 0.2) is 36.0 Å². The van der Waals surface area contributed by atoms with E-state index in [-0.39, 0.29) is 23.7 Å². The predicted molar refractivity (Wildman–Crippen MR) is 83.7 cm³/mol. The van der Waals surface area contributed by atoms with Gasteiger partial charge in [-0.25, -0.2) is 0 Å². The average Bonchev–Trinajstić information content (AvgIpc) is 2.73. The van der Waals surface area contributed by atoms with E-state index < -0.39 is 11.9 Å². The van der Waals surface area contributed by atoms with Crippen LogP contribution in [0.2, 0.25) is 0 Å². The van der Waals surface area contributed by atoms with E-state index in [1.54, 1.807) is 0 Å². The number of hydrogen-bond acceptors (Lipinski definition) is 3. The van der Waals surface area contributed by atoms with Gasteiger partial charge < -0.3 is 4.90 Å². The third-order valence-electron chi connectivity index (χ3n) is 4.20. The van der Waals surface area contributed by atoms with Crippen molar-refractivity contribution in [2.75, 3.05) is 6.54 Å². The lowest BCUT2D eigenvalue weighted by Crippen LogP contribution is -2.53. The lowest BCUT2D eigenvalue weighted by atomic mass is 9.82. The second-order valence-electron chi connectivity index (χ2n) is 6.72. The lowest BCUT2D eigenvalue weighted by Gasteiger charge is -2.30. The Bertz CT molecular complexity index is 608. The highest BCUT2D eigenvalue weighted by molar-refractivity contribution is 6.06. The zero-order valence-electron chi connectivity index (χ0n) is 13.4. The molecule has 2 heterocycles. The molecule has 0 bridgehead atoms. The maximum Gasteiger partial charge on any atom is 0.255 e. The largest absolute Gasteiger partial charge is 0.322 e. The van der Waals surface area contributed by atoms with Gasteiger partial charge in [-0.2, -0.15) is 0 Å². The van der Waals surface area contributed by atoms with Crippen molar-refractivity contribution in [1.82, 2.24) is 10.2 Å². The fourth-order valence-electron chi connectivity index (χ4n) is 2.76. The minimum absolute atomic E-state index is 0.176. The average molecular weight is 302 g/mol. The van der Waals surface area contributed by atoms with Crippen LogP contribution in [0.1, 0.15) is 33.6 Å². The predicted octanol–water partition coefficient (Wildman–Crippen LogP) is 1.72. The SMILES string of the molecule is C=CC1=C(C(=C)C(C)(C)C)CN(C2CCC(=O)NC2=O)C1=O. The van der Waals surface area contributed by atoms with Crippen LogP contribution in [-0.4, -0.2) is 35.2 Å². The minimum atomic E-state index is -0.606. The van der Waals surface area contributed by atoms with E-state index in [1.807, 2.05) is 20.8 Å². The van der Waals surface area contributed by atoms with Crippen LogP contribution in [-0.2, 0) is 14.4 Å². The quantitative estimate of drug-likeness (QED) is 0.807. The number of nitrogens with zero attached hydrogens (tertiary/aromatic N) is 1. The molecule has 2 rings (SSSR count). The van der Waals surface area contributed by atoms with E-state index >= 15 is 0 Å². The summed E-state index contributed by atoms with van der Waals surface area (Å²) in [6.07, 6.45) is 2.13. The van der Waals surface area contributed by atoms with E-state index in [4.69, 9.17) is 0 Å². The molecule has 3 amide bonds. The van der Waals surface area contributed by atoms with E-state index in [0.717, 1.165) is 11.1 Å². The summed E-state index contributed by atoms with van der Waals surface area (Å²) in [5.41, 5.74) is 2.03. The highest BCUT2D eigenvalue weighted by atomic mass is 16.2. The molecular formula is C17H22N2O3. The van der Waals surface area contributed by atoms with Crippen molar-refractivity contribution in [2.45, 2.75) is 39.7 Å². The topological polar surface area (TPSA) is 66.5 Å². The zero-order chi connectivity index (χ0) is 16.7. The van der Waals surface area contributed by atoms with Crippen molar-refractivity contribution >= 4 is 17.7 Å². The second kappa shape index (κ2) is 5.55. The third kappa shape index (κ3) is 2.75. The molecule has 0 aromatic heterocycles.